The molecule has 19 heavy (non-hydrogen) atoms. The fourth-order valence-electron chi connectivity index (χ4n) is 1.37. The van der Waals surface area contributed by atoms with Gasteiger partial charge in [0.1, 0.15) is 13.1 Å². The predicted octanol–water partition coefficient (Wildman–Crippen LogP) is -0.692. The van der Waals surface area contributed by atoms with Crippen molar-refractivity contribution >= 4 is 17.8 Å². The van der Waals surface area contributed by atoms with E-state index >= 15 is 0 Å². The van der Waals surface area contributed by atoms with Crippen LogP contribution in [-0.4, -0.2) is 56.2 Å². The van der Waals surface area contributed by atoms with Gasteiger partial charge >= 0.3 is 11.9 Å². The SMILES string of the molecule is Cc1noc(CCC(=O)N(CC(=O)O)CC(=O)O)n1. The summed E-state index contributed by atoms with van der Waals surface area (Å²) < 4.78 is 4.79. The number of hydrogen-bond donors (Lipinski definition) is 2. The van der Waals surface area contributed by atoms with Crippen LogP contribution in [0.3, 0.4) is 0 Å². The summed E-state index contributed by atoms with van der Waals surface area (Å²) in [5, 5.41) is 20.8. The van der Waals surface area contributed by atoms with Crippen LogP contribution < -0.4 is 0 Å². The summed E-state index contributed by atoms with van der Waals surface area (Å²) >= 11 is 0. The topological polar surface area (TPSA) is 134 Å². The molecule has 1 aromatic heterocycles. The van der Waals surface area contributed by atoms with Crippen LogP contribution >= 0.6 is 0 Å². The first kappa shape index (κ1) is 14.6. The van der Waals surface area contributed by atoms with Crippen LogP contribution in [0.25, 0.3) is 0 Å². The molecule has 0 saturated heterocycles. The quantitative estimate of drug-likeness (QED) is 0.665. The van der Waals surface area contributed by atoms with Gasteiger partial charge in [-0.05, 0) is 6.92 Å². The number of carbonyl (C=O) groups excluding carboxylic acids is 1. The third kappa shape index (κ3) is 5.15. The molecule has 1 aromatic rings. The highest BCUT2D eigenvalue weighted by atomic mass is 16.5. The molecule has 2 N–H and O–H groups in total. The number of aliphatic carboxylic acids is 2. The number of aromatic nitrogens is 2. The van der Waals surface area contributed by atoms with Crippen molar-refractivity contribution in [3.05, 3.63) is 11.7 Å². The average Bonchev–Trinajstić information content (AvgIpc) is 2.70. The molecule has 1 heterocycles. The Morgan fingerprint density at radius 2 is 1.79 bits per heavy atom. The van der Waals surface area contributed by atoms with E-state index in [1.165, 1.54) is 0 Å². The Hall–Kier alpha value is -2.45. The number of amides is 1. The van der Waals surface area contributed by atoms with E-state index in [-0.39, 0.29) is 18.7 Å². The van der Waals surface area contributed by atoms with Gasteiger partial charge in [0.05, 0.1) is 0 Å². The fourth-order valence-corrected chi connectivity index (χ4v) is 1.37. The summed E-state index contributed by atoms with van der Waals surface area (Å²) in [6, 6.07) is 0. The Bertz CT molecular complexity index is 467. The summed E-state index contributed by atoms with van der Waals surface area (Å²) in [7, 11) is 0. The summed E-state index contributed by atoms with van der Waals surface area (Å²) in [5.41, 5.74) is 0. The molecule has 0 aliphatic carbocycles. The second kappa shape index (κ2) is 6.47. The lowest BCUT2D eigenvalue weighted by atomic mass is 10.2. The zero-order valence-corrected chi connectivity index (χ0v) is 10.2. The Morgan fingerprint density at radius 3 is 2.21 bits per heavy atom. The van der Waals surface area contributed by atoms with Gasteiger partial charge in [0.2, 0.25) is 11.8 Å². The van der Waals surface area contributed by atoms with Crippen molar-refractivity contribution in [1.29, 1.82) is 0 Å². The summed E-state index contributed by atoms with van der Waals surface area (Å²) in [5.74, 6) is -2.47. The molecule has 0 radical (unpaired) electrons. The van der Waals surface area contributed by atoms with Gasteiger partial charge in [0, 0.05) is 12.8 Å². The van der Waals surface area contributed by atoms with E-state index in [0.717, 1.165) is 4.90 Å². The van der Waals surface area contributed by atoms with Crippen molar-refractivity contribution in [2.75, 3.05) is 13.1 Å². The van der Waals surface area contributed by atoms with Gasteiger partial charge < -0.3 is 19.6 Å². The smallest absolute Gasteiger partial charge is 0.323 e. The Labute approximate surface area is 107 Å². The maximum atomic E-state index is 11.7. The number of carboxylic acids is 2. The molecule has 1 amide bonds. The minimum Gasteiger partial charge on any atom is -0.480 e. The van der Waals surface area contributed by atoms with Crippen LogP contribution in [0, 0.1) is 6.92 Å². The molecule has 0 atom stereocenters. The first-order chi connectivity index (χ1) is 8.88. The highest BCUT2D eigenvalue weighted by Gasteiger charge is 2.20. The number of carbonyl (C=O) groups is 3. The van der Waals surface area contributed by atoms with Gasteiger partial charge in [-0.1, -0.05) is 5.16 Å². The van der Waals surface area contributed by atoms with E-state index in [1.807, 2.05) is 0 Å². The lowest BCUT2D eigenvalue weighted by Gasteiger charge is -2.17. The third-order valence-electron chi connectivity index (χ3n) is 2.13. The highest BCUT2D eigenvalue weighted by molar-refractivity contribution is 5.85. The largest absolute Gasteiger partial charge is 0.480 e. The summed E-state index contributed by atoms with van der Waals surface area (Å²) in [4.78, 5) is 37.4. The second-order valence-electron chi connectivity index (χ2n) is 3.77. The Morgan fingerprint density at radius 1 is 1.21 bits per heavy atom. The molecule has 0 unspecified atom stereocenters. The van der Waals surface area contributed by atoms with Crippen molar-refractivity contribution in [1.82, 2.24) is 15.0 Å². The lowest BCUT2D eigenvalue weighted by molar-refractivity contribution is -0.149. The standard InChI is InChI=1S/C10H13N3O6/c1-6-11-7(19-12-6)2-3-8(14)13(4-9(15)16)5-10(17)18/h2-5H2,1H3,(H,15,16)(H,17,18). The Kier molecular flexibility index (Phi) is 4.98. The van der Waals surface area contributed by atoms with Crippen LogP contribution in [0.2, 0.25) is 0 Å². The molecule has 0 aromatic carbocycles. The van der Waals surface area contributed by atoms with Crippen molar-refractivity contribution in [2.45, 2.75) is 19.8 Å². The van der Waals surface area contributed by atoms with Gasteiger partial charge in [-0.3, -0.25) is 14.4 Å². The Balaban J connectivity index is 2.55. The minimum atomic E-state index is -1.27. The average molecular weight is 271 g/mol. The predicted molar refractivity (Wildman–Crippen MR) is 59.2 cm³/mol. The third-order valence-corrected chi connectivity index (χ3v) is 2.13. The minimum absolute atomic E-state index is 0.0950. The van der Waals surface area contributed by atoms with Crippen molar-refractivity contribution in [3.8, 4) is 0 Å². The van der Waals surface area contributed by atoms with Crippen LogP contribution in [0.5, 0.6) is 0 Å². The molecule has 104 valence electrons. The van der Waals surface area contributed by atoms with E-state index in [0.29, 0.717) is 5.82 Å². The normalized spacial score (nSPS) is 10.2. The van der Waals surface area contributed by atoms with Gasteiger partial charge in [-0.15, -0.1) is 0 Å². The second-order valence-corrected chi connectivity index (χ2v) is 3.77. The van der Waals surface area contributed by atoms with Crippen LogP contribution in [0.4, 0.5) is 0 Å². The van der Waals surface area contributed by atoms with Crippen molar-refractivity contribution in [3.63, 3.8) is 0 Å². The van der Waals surface area contributed by atoms with Gasteiger partial charge in [-0.25, -0.2) is 0 Å². The molecular weight excluding hydrogens is 258 g/mol. The van der Waals surface area contributed by atoms with Crippen LogP contribution in [0.1, 0.15) is 18.1 Å². The zero-order valence-electron chi connectivity index (χ0n) is 10.2. The number of rotatable bonds is 7. The number of hydrogen-bond acceptors (Lipinski definition) is 6. The van der Waals surface area contributed by atoms with Gasteiger partial charge in [0.25, 0.3) is 0 Å². The molecule has 0 aliphatic heterocycles. The summed E-state index contributed by atoms with van der Waals surface area (Å²) in [6.45, 7) is 0.304. The molecule has 0 bridgehead atoms. The number of nitrogens with zero attached hydrogens (tertiary/aromatic N) is 3. The lowest BCUT2D eigenvalue weighted by Crippen LogP contribution is -2.39. The van der Waals surface area contributed by atoms with E-state index in [1.54, 1.807) is 6.92 Å². The van der Waals surface area contributed by atoms with Gasteiger partial charge in [0.15, 0.2) is 5.82 Å². The van der Waals surface area contributed by atoms with Gasteiger partial charge in [-0.2, -0.15) is 4.98 Å². The number of carboxylic acid groups (broad SMARTS) is 2. The van der Waals surface area contributed by atoms with E-state index in [4.69, 9.17) is 14.7 Å². The van der Waals surface area contributed by atoms with Crippen molar-refractivity contribution in [2.24, 2.45) is 0 Å². The molecule has 1 rings (SSSR count). The molecular formula is C10H13N3O6. The molecule has 0 fully saturated rings. The highest BCUT2D eigenvalue weighted by Crippen LogP contribution is 2.03. The van der Waals surface area contributed by atoms with Crippen molar-refractivity contribution < 1.29 is 29.1 Å². The first-order valence-corrected chi connectivity index (χ1v) is 5.39. The monoisotopic (exact) mass is 271 g/mol. The molecule has 0 saturated carbocycles. The maximum Gasteiger partial charge on any atom is 0.323 e. The molecule has 0 spiro atoms. The van der Waals surface area contributed by atoms with E-state index in [2.05, 4.69) is 10.1 Å². The maximum absolute atomic E-state index is 11.7. The molecule has 9 heteroatoms. The first-order valence-electron chi connectivity index (χ1n) is 5.39. The molecule has 0 aliphatic rings. The summed E-state index contributed by atoms with van der Waals surface area (Å²) in [6.07, 6.45) is 0.0393. The zero-order chi connectivity index (χ0) is 14.4. The molecule has 9 nitrogen and oxygen atoms in total. The fraction of sp³-hybridized carbons (Fsp3) is 0.500. The van der Waals surface area contributed by atoms with Crippen LogP contribution in [0.15, 0.2) is 4.52 Å². The van der Waals surface area contributed by atoms with E-state index in [9.17, 15) is 14.4 Å². The number of aryl methyl sites for hydroxylation is 2. The van der Waals surface area contributed by atoms with Crippen LogP contribution in [-0.2, 0) is 20.8 Å². The van der Waals surface area contributed by atoms with E-state index < -0.39 is 30.9 Å².